The number of benzene rings is 3. The van der Waals surface area contributed by atoms with Crippen molar-refractivity contribution in [1.82, 2.24) is 0 Å². The van der Waals surface area contributed by atoms with Crippen molar-refractivity contribution in [3.05, 3.63) is 96.1 Å². The Morgan fingerprint density at radius 2 is 1.61 bits per heavy atom. The molecule has 0 bridgehead atoms. The summed E-state index contributed by atoms with van der Waals surface area (Å²) in [6.45, 7) is 2.10. The molecule has 0 nitrogen and oxygen atoms in total. The lowest BCUT2D eigenvalue weighted by molar-refractivity contribution is 0.509. The van der Waals surface area contributed by atoms with Gasteiger partial charge in [-0.05, 0) is 72.1 Å². The van der Waals surface area contributed by atoms with Gasteiger partial charge in [-0.25, -0.2) is 8.78 Å². The molecule has 0 spiro atoms. The maximum Gasteiger partial charge on any atom is 0.159 e. The van der Waals surface area contributed by atoms with E-state index >= 15 is 0 Å². The van der Waals surface area contributed by atoms with Crippen LogP contribution in [0.3, 0.4) is 0 Å². The Morgan fingerprint density at radius 1 is 0.839 bits per heavy atom. The van der Waals surface area contributed by atoms with Gasteiger partial charge < -0.3 is 0 Å². The molecule has 1 heterocycles. The summed E-state index contributed by atoms with van der Waals surface area (Å²) >= 11 is 0. The van der Waals surface area contributed by atoms with Crippen LogP contribution in [0.25, 0.3) is 22.3 Å². The highest BCUT2D eigenvalue weighted by atomic mass is 28.3. The van der Waals surface area contributed by atoms with Gasteiger partial charge in [-0.15, -0.1) is 0 Å². The molecule has 0 N–H and O–H groups in total. The monoisotopic (exact) mass is 431 g/mol. The summed E-state index contributed by atoms with van der Waals surface area (Å²) in [5.41, 5.74) is 5.18. The van der Waals surface area contributed by atoms with Gasteiger partial charge in [-0.2, -0.15) is 0 Å². The second kappa shape index (κ2) is 10.2. The molecule has 3 aromatic rings. The molecule has 0 saturated carbocycles. The number of hydrogen-bond donors (Lipinski definition) is 0. The van der Waals surface area contributed by atoms with Crippen molar-refractivity contribution in [2.45, 2.75) is 50.2 Å². The summed E-state index contributed by atoms with van der Waals surface area (Å²) in [4.78, 5) is 0. The first-order valence-corrected chi connectivity index (χ1v) is 13.4. The van der Waals surface area contributed by atoms with Gasteiger partial charge in [-0.1, -0.05) is 84.9 Å². The van der Waals surface area contributed by atoms with Crippen molar-refractivity contribution in [3.63, 3.8) is 0 Å². The van der Waals surface area contributed by atoms with Crippen LogP contribution >= 0.6 is 0 Å². The van der Waals surface area contributed by atoms with Crippen LogP contribution in [0.4, 0.5) is 8.78 Å². The van der Waals surface area contributed by atoms with E-state index in [1.54, 1.807) is 6.07 Å². The Labute approximate surface area is 186 Å². The molecule has 0 amide bonds. The topological polar surface area (TPSA) is 0 Å². The first kappa shape index (κ1) is 21.7. The van der Waals surface area contributed by atoms with E-state index in [0.717, 1.165) is 22.3 Å². The van der Waals surface area contributed by atoms with Crippen molar-refractivity contribution >= 4 is 8.80 Å². The van der Waals surface area contributed by atoms with Crippen molar-refractivity contribution < 1.29 is 8.78 Å². The Balaban J connectivity index is 1.63. The van der Waals surface area contributed by atoms with Crippen LogP contribution in [0.1, 0.15) is 37.7 Å². The minimum atomic E-state index is -0.805. The quantitative estimate of drug-likeness (QED) is 0.271. The lowest BCUT2D eigenvalue weighted by atomic mass is 9.87. The van der Waals surface area contributed by atoms with E-state index in [9.17, 15) is 8.78 Å². The van der Waals surface area contributed by atoms with Gasteiger partial charge in [-0.3, -0.25) is 0 Å². The van der Waals surface area contributed by atoms with Crippen molar-refractivity contribution in [1.29, 1.82) is 0 Å². The standard InChI is InChI=1S/C28H29F2Si/c1-2-3-7-16-31-17-14-21(15-18-31)23-10-12-25(22-8-5-4-6-9-22)26(19-23)24-11-13-27(29)28(30)20-24/h2-6,8-13,19-21H,7,14-18H2,1H3/b3-2+. The summed E-state index contributed by atoms with van der Waals surface area (Å²) in [5, 5.41) is 0. The molecule has 31 heavy (non-hydrogen) atoms. The van der Waals surface area contributed by atoms with Gasteiger partial charge in [0.05, 0.1) is 0 Å². The Kier molecular flexibility index (Phi) is 7.13. The lowest BCUT2D eigenvalue weighted by Gasteiger charge is -2.28. The van der Waals surface area contributed by atoms with Crippen LogP contribution in [0.15, 0.2) is 78.9 Å². The predicted molar refractivity (Wildman–Crippen MR) is 129 cm³/mol. The van der Waals surface area contributed by atoms with Crippen molar-refractivity contribution in [2.75, 3.05) is 0 Å². The van der Waals surface area contributed by atoms with Crippen LogP contribution in [0.5, 0.6) is 0 Å². The zero-order valence-electron chi connectivity index (χ0n) is 18.1. The Bertz CT molecular complexity index is 1030. The summed E-state index contributed by atoms with van der Waals surface area (Å²) < 4.78 is 27.6. The fourth-order valence-corrected chi connectivity index (χ4v) is 7.49. The fraction of sp³-hybridized carbons (Fsp3) is 0.286. The Hall–Kier alpha value is -2.52. The molecule has 0 aromatic heterocycles. The van der Waals surface area contributed by atoms with Crippen LogP contribution in [0.2, 0.25) is 18.1 Å². The Morgan fingerprint density at radius 3 is 2.32 bits per heavy atom. The summed E-state index contributed by atoms with van der Waals surface area (Å²) in [5.74, 6) is -1.04. The highest BCUT2D eigenvalue weighted by Crippen LogP contribution is 2.40. The minimum Gasteiger partial charge on any atom is -0.204 e. The highest BCUT2D eigenvalue weighted by Gasteiger charge is 2.24. The zero-order chi connectivity index (χ0) is 21.6. The van der Waals surface area contributed by atoms with Gasteiger partial charge >= 0.3 is 0 Å². The van der Waals surface area contributed by atoms with E-state index in [4.69, 9.17) is 0 Å². The van der Waals surface area contributed by atoms with Gasteiger partial charge in [0, 0.05) is 8.80 Å². The minimum absolute atomic E-state index is 0.225. The van der Waals surface area contributed by atoms with E-state index in [0.29, 0.717) is 5.92 Å². The van der Waals surface area contributed by atoms with Crippen molar-refractivity contribution in [3.8, 4) is 22.3 Å². The number of allylic oxidation sites excluding steroid dienone is 2. The summed E-state index contributed by atoms with van der Waals surface area (Å²) in [7, 11) is -0.225. The third-order valence-corrected chi connectivity index (χ3v) is 9.41. The highest BCUT2D eigenvalue weighted by molar-refractivity contribution is 6.59. The maximum atomic E-state index is 14.0. The average molecular weight is 432 g/mol. The SMILES string of the molecule is C/C=C/CC[Si]1CCC(c2ccc(-c3ccccc3)c(-c3ccc(F)c(F)c3)c2)CC1. The van der Waals surface area contributed by atoms with Crippen LogP contribution in [0, 0.1) is 11.6 Å². The largest absolute Gasteiger partial charge is 0.204 e. The van der Waals surface area contributed by atoms with E-state index in [1.807, 2.05) is 18.2 Å². The summed E-state index contributed by atoms with van der Waals surface area (Å²) in [6.07, 6.45) is 8.15. The second-order valence-electron chi connectivity index (χ2n) is 8.43. The van der Waals surface area contributed by atoms with Crippen LogP contribution < -0.4 is 0 Å². The molecule has 1 aliphatic heterocycles. The first-order chi connectivity index (χ1) is 15.2. The molecule has 3 aromatic carbocycles. The van der Waals surface area contributed by atoms with E-state index < -0.39 is 11.6 Å². The van der Waals surface area contributed by atoms with E-state index in [2.05, 4.69) is 49.4 Å². The van der Waals surface area contributed by atoms with E-state index in [1.165, 1.54) is 55.1 Å². The molecule has 0 atom stereocenters. The molecule has 1 fully saturated rings. The van der Waals surface area contributed by atoms with Gasteiger partial charge in [0.25, 0.3) is 0 Å². The summed E-state index contributed by atoms with van der Waals surface area (Å²) in [6, 6.07) is 25.1. The number of rotatable bonds is 6. The first-order valence-electron chi connectivity index (χ1n) is 11.2. The normalized spacial score (nSPS) is 15.6. The number of halogens is 2. The molecule has 1 saturated heterocycles. The third kappa shape index (κ3) is 5.22. The van der Waals surface area contributed by atoms with Gasteiger partial charge in [0.15, 0.2) is 11.6 Å². The smallest absolute Gasteiger partial charge is 0.159 e. The van der Waals surface area contributed by atoms with Crippen molar-refractivity contribution in [2.24, 2.45) is 0 Å². The molecular formula is C28H29F2Si. The van der Waals surface area contributed by atoms with E-state index in [-0.39, 0.29) is 8.80 Å². The van der Waals surface area contributed by atoms with Gasteiger partial charge in [0.1, 0.15) is 0 Å². The second-order valence-corrected chi connectivity index (χ2v) is 11.4. The molecule has 3 heteroatoms. The molecule has 1 aliphatic rings. The van der Waals surface area contributed by atoms with Crippen LogP contribution in [-0.4, -0.2) is 8.80 Å². The van der Waals surface area contributed by atoms with Crippen LogP contribution in [-0.2, 0) is 0 Å². The molecule has 0 aliphatic carbocycles. The fourth-order valence-electron chi connectivity index (χ4n) is 4.65. The molecule has 0 unspecified atom stereocenters. The molecule has 1 radical (unpaired) electrons. The maximum absolute atomic E-state index is 14.0. The molecule has 4 rings (SSSR count). The van der Waals surface area contributed by atoms with Gasteiger partial charge in [0.2, 0.25) is 0 Å². The predicted octanol–water partition coefficient (Wildman–Crippen LogP) is 8.64. The third-order valence-electron chi connectivity index (χ3n) is 6.42. The molecule has 159 valence electrons. The average Bonchev–Trinajstić information content (AvgIpc) is 2.82. The number of hydrogen-bond acceptors (Lipinski definition) is 0. The zero-order valence-corrected chi connectivity index (χ0v) is 19.1. The molecular weight excluding hydrogens is 402 g/mol. The lowest BCUT2D eigenvalue weighted by Crippen LogP contribution is -2.20.